The molecule has 0 fully saturated rings. The van der Waals surface area contributed by atoms with E-state index in [4.69, 9.17) is 0 Å². The van der Waals surface area contributed by atoms with Crippen LogP contribution < -0.4 is 5.32 Å². The second kappa shape index (κ2) is 5.63. The molecular weight excluding hydrogens is 255 g/mol. The number of benzene rings is 1. The molecule has 18 heavy (non-hydrogen) atoms. The first-order chi connectivity index (χ1) is 8.65. The van der Waals surface area contributed by atoms with Crippen LogP contribution in [0.1, 0.15) is 0 Å². The Labute approximate surface area is 107 Å². The number of amides is 1. The van der Waals surface area contributed by atoms with Gasteiger partial charge in [0.1, 0.15) is 12.1 Å². The molecule has 1 amide bonds. The maximum absolute atomic E-state index is 12.9. The Kier molecular flexibility index (Phi) is 3.93. The highest BCUT2D eigenvalue weighted by molar-refractivity contribution is 7.99. The van der Waals surface area contributed by atoms with Gasteiger partial charge >= 0.3 is 0 Å². The summed E-state index contributed by atoms with van der Waals surface area (Å²) < 4.78 is 14.6. The molecule has 5 nitrogen and oxygen atoms in total. The van der Waals surface area contributed by atoms with E-state index in [1.54, 1.807) is 30.1 Å². The van der Waals surface area contributed by atoms with E-state index in [9.17, 15) is 9.18 Å². The molecule has 2 aromatic rings. The predicted molar refractivity (Wildman–Crippen MR) is 66.8 cm³/mol. The van der Waals surface area contributed by atoms with Crippen molar-refractivity contribution in [3.05, 3.63) is 36.4 Å². The van der Waals surface area contributed by atoms with Gasteiger partial charge in [-0.05, 0) is 18.2 Å². The number of carbonyl (C=O) groups excluding carboxylic acids is 1. The molecule has 1 aromatic carbocycles. The summed E-state index contributed by atoms with van der Waals surface area (Å²) in [5.74, 6) is -0.398. The average Bonchev–Trinajstić information content (AvgIpc) is 2.72. The van der Waals surface area contributed by atoms with Crippen LogP contribution in [0.25, 0.3) is 0 Å². The lowest BCUT2D eigenvalue weighted by Crippen LogP contribution is -2.14. The van der Waals surface area contributed by atoms with E-state index in [1.165, 1.54) is 23.9 Å². The van der Waals surface area contributed by atoms with Gasteiger partial charge in [0.25, 0.3) is 0 Å². The van der Waals surface area contributed by atoms with Crippen molar-refractivity contribution < 1.29 is 9.18 Å². The second-order valence-electron chi connectivity index (χ2n) is 3.57. The van der Waals surface area contributed by atoms with Crippen molar-refractivity contribution in [2.45, 2.75) is 5.16 Å². The third-order valence-corrected chi connectivity index (χ3v) is 3.14. The Balaban J connectivity index is 1.88. The van der Waals surface area contributed by atoms with Crippen LogP contribution in [0.3, 0.4) is 0 Å². The van der Waals surface area contributed by atoms with E-state index in [0.717, 1.165) is 0 Å². The summed E-state index contributed by atoms with van der Waals surface area (Å²) in [6.07, 6.45) is 1.56. The second-order valence-corrected chi connectivity index (χ2v) is 4.51. The van der Waals surface area contributed by atoms with E-state index in [1.807, 2.05) is 0 Å². The van der Waals surface area contributed by atoms with Gasteiger partial charge in [-0.3, -0.25) is 4.79 Å². The number of thioether (sulfide) groups is 1. The van der Waals surface area contributed by atoms with Crippen molar-refractivity contribution in [2.75, 3.05) is 11.1 Å². The zero-order valence-electron chi connectivity index (χ0n) is 9.63. The fraction of sp³-hybridized carbons (Fsp3) is 0.182. The van der Waals surface area contributed by atoms with Gasteiger partial charge in [0.15, 0.2) is 5.16 Å². The molecule has 2 rings (SSSR count). The van der Waals surface area contributed by atoms with Gasteiger partial charge in [-0.1, -0.05) is 17.8 Å². The molecule has 0 radical (unpaired) electrons. The van der Waals surface area contributed by atoms with Crippen LogP contribution in [0.5, 0.6) is 0 Å². The lowest BCUT2D eigenvalue weighted by Gasteiger charge is -2.04. The van der Waals surface area contributed by atoms with Crippen molar-refractivity contribution in [1.82, 2.24) is 14.8 Å². The van der Waals surface area contributed by atoms with Crippen LogP contribution in [-0.2, 0) is 11.8 Å². The summed E-state index contributed by atoms with van der Waals surface area (Å²) >= 11 is 1.27. The lowest BCUT2D eigenvalue weighted by molar-refractivity contribution is -0.113. The zero-order valence-corrected chi connectivity index (χ0v) is 10.4. The fourth-order valence-electron chi connectivity index (χ4n) is 1.30. The molecule has 94 valence electrons. The largest absolute Gasteiger partial charge is 0.325 e. The number of aromatic nitrogens is 3. The number of hydrogen-bond acceptors (Lipinski definition) is 4. The summed E-state index contributed by atoms with van der Waals surface area (Å²) in [6, 6.07) is 5.77. The fourth-order valence-corrected chi connectivity index (χ4v) is 1.98. The molecule has 0 spiro atoms. The maximum Gasteiger partial charge on any atom is 0.234 e. The SMILES string of the molecule is Cn1cnnc1SCC(=O)Nc1cccc(F)c1. The number of halogens is 1. The highest BCUT2D eigenvalue weighted by atomic mass is 32.2. The normalized spacial score (nSPS) is 10.3. The molecule has 0 atom stereocenters. The predicted octanol–water partition coefficient (Wildman–Crippen LogP) is 1.68. The highest BCUT2D eigenvalue weighted by Gasteiger charge is 2.07. The van der Waals surface area contributed by atoms with E-state index in [0.29, 0.717) is 10.8 Å². The Bertz CT molecular complexity index is 557. The van der Waals surface area contributed by atoms with Gasteiger partial charge in [0.2, 0.25) is 5.91 Å². The highest BCUT2D eigenvalue weighted by Crippen LogP contribution is 2.14. The molecule has 0 saturated carbocycles. The Morgan fingerprint density at radius 1 is 1.56 bits per heavy atom. The van der Waals surface area contributed by atoms with Crippen LogP contribution in [0.4, 0.5) is 10.1 Å². The van der Waals surface area contributed by atoms with E-state index in [-0.39, 0.29) is 17.5 Å². The van der Waals surface area contributed by atoms with E-state index >= 15 is 0 Å². The Morgan fingerprint density at radius 3 is 3.06 bits per heavy atom. The molecule has 0 bridgehead atoms. The molecule has 0 aliphatic carbocycles. The van der Waals surface area contributed by atoms with Crippen molar-refractivity contribution in [3.8, 4) is 0 Å². The maximum atomic E-state index is 12.9. The van der Waals surface area contributed by atoms with Gasteiger partial charge in [-0.2, -0.15) is 0 Å². The molecule has 1 N–H and O–H groups in total. The molecule has 7 heteroatoms. The molecule has 0 unspecified atom stereocenters. The van der Waals surface area contributed by atoms with Crippen molar-refractivity contribution >= 4 is 23.4 Å². The first-order valence-corrected chi connectivity index (χ1v) is 6.16. The lowest BCUT2D eigenvalue weighted by atomic mass is 10.3. The number of rotatable bonds is 4. The van der Waals surface area contributed by atoms with Crippen LogP contribution in [0.15, 0.2) is 35.7 Å². The quantitative estimate of drug-likeness (QED) is 0.855. The molecule has 1 heterocycles. The smallest absolute Gasteiger partial charge is 0.234 e. The summed E-state index contributed by atoms with van der Waals surface area (Å²) in [5, 5.41) is 10.8. The number of nitrogens with zero attached hydrogens (tertiary/aromatic N) is 3. The Hall–Kier alpha value is -1.89. The summed E-state index contributed by atoms with van der Waals surface area (Å²) in [6.45, 7) is 0. The standard InChI is InChI=1S/C11H11FN4OS/c1-16-7-13-15-11(16)18-6-10(17)14-9-4-2-3-8(12)5-9/h2-5,7H,6H2,1H3,(H,14,17). The number of nitrogens with one attached hydrogen (secondary N) is 1. The van der Waals surface area contributed by atoms with Crippen molar-refractivity contribution in [1.29, 1.82) is 0 Å². The topological polar surface area (TPSA) is 59.8 Å². The van der Waals surface area contributed by atoms with Crippen LogP contribution in [0.2, 0.25) is 0 Å². The van der Waals surface area contributed by atoms with Crippen LogP contribution in [0, 0.1) is 5.82 Å². The number of hydrogen-bond donors (Lipinski definition) is 1. The van der Waals surface area contributed by atoms with Crippen LogP contribution in [-0.4, -0.2) is 26.4 Å². The number of carbonyl (C=O) groups is 1. The van der Waals surface area contributed by atoms with E-state index in [2.05, 4.69) is 15.5 Å². The molecule has 0 saturated heterocycles. The summed E-state index contributed by atoms with van der Waals surface area (Å²) in [4.78, 5) is 11.6. The Morgan fingerprint density at radius 2 is 2.39 bits per heavy atom. The third-order valence-electron chi connectivity index (χ3n) is 2.11. The summed E-state index contributed by atoms with van der Waals surface area (Å²) in [5.41, 5.74) is 0.443. The molecule has 0 aliphatic rings. The van der Waals surface area contributed by atoms with E-state index < -0.39 is 0 Å². The van der Waals surface area contributed by atoms with Gasteiger partial charge in [-0.25, -0.2) is 4.39 Å². The van der Waals surface area contributed by atoms with Crippen molar-refractivity contribution in [2.24, 2.45) is 7.05 Å². The minimum atomic E-state index is -0.381. The minimum Gasteiger partial charge on any atom is -0.325 e. The number of anilines is 1. The van der Waals surface area contributed by atoms with Crippen molar-refractivity contribution in [3.63, 3.8) is 0 Å². The average molecular weight is 266 g/mol. The van der Waals surface area contributed by atoms with Gasteiger partial charge in [0.05, 0.1) is 5.75 Å². The van der Waals surface area contributed by atoms with Gasteiger partial charge < -0.3 is 9.88 Å². The monoisotopic (exact) mass is 266 g/mol. The van der Waals surface area contributed by atoms with Gasteiger partial charge in [0, 0.05) is 12.7 Å². The minimum absolute atomic E-state index is 0.197. The molecule has 1 aromatic heterocycles. The van der Waals surface area contributed by atoms with Crippen LogP contribution >= 0.6 is 11.8 Å². The molecular formula is C11H11FN4OS. The zero-order chi connectivity index (χ0) is 13.0. The third kappa shape index (κ3) is 3.30. The molecule has 0 aliphatic heterocycles. The first kappa shape index (κ1) is 12.6. The first-order valence-electron chi connectivity index (χ1n) is 5.17. The van der Waals surface area contributed by atoms with Gasteiger partial charge in [-0.15, -0.1) is 10.2 Å². The number of aryl methyl sites for hydroxylation is 1. The summed E-state index contributed by atoms with van der Waals surface area (Å²) in [7, 11) is 1.80.